The minimum absolute atomic E-state index is 0.00122. The largest absolute Gasteiger partial charge is 0.399 e. The molecule has 104 valence electrons. The van der Waals surface area contributed by atoms with Crippen molar-refractivity contribution >= 4 is 17.4 Å². The predicted molar refractivity (Wildman–Crippen MR) is 78.6 cm³/mol. The average molecular weight is 279 g/mol. The first kappa shape index (κ1) is 13.3. The molecule has 4 heteroatoms. The first-order valence-corrected chi connectivity index (χ1v) is 7.79. The van der Waals surface area contributed by atoms with Gasteiger partial charge in [-0.25, -0.2) is 0 Å². The third kappa shape index (κ3) is 2.91. The lowest BCUT2D eigenvalue weighted by atomic mass is 9.93. The van der Waals surface area contributed by atoms with Crippen LogP contribution in [0.2, 0.25) is 0 Å². The van der Waals surface area contributed by atoms with Gasteiger partial charge in [-0.15, -0.1) is 11.8 Å². The maximum absolute atomic E-state index is 5.98. The Labute approximate surface area is 118 Å². The van der Waals surface area contributed by atoms with Crippen LogP contribution in [0.4, 0.5) is 5.69 Å². The lowest BCUT2D eigenvalue weighted by molar-refractivity contribution is -0.0769. The van der Waals surface area contributed by atoms with E-state index in [9.17, 15) is 0 Å². The molecule has 2 saturated heterocycles. The van der Waals surface area contributed by atoms with E-state index in [0.29, 0.717) is 5.25 Å². The summed E-state index contributed by atoms with van der Waals surface area (Å²) in [5.41, 5.74) is 7.90. The fourth-order valence-corrected chi connectivity index (χ4v) is 4.24. The molecule has 1 spiro atoms. The summed E-state index contributed by atoms with van der Waals surface area (Å²) in [6.45, 7) is 4.54. The molecule has 0 amide bonds. The fourth-order valence-electron chi connectivity index (χ4n) is 2.86. The second kappa shape index (κ2) is 5.35. The summed E-state index contributed by atoms with van der Waals surface area (Å²) < 4.78 is 11.5. The van der Waals surface area contributed by atoms with Crippen LogP contribution in [0.5, 0.6) is 0 Å². The second-order valence-electron chi connectivity index (χ2n) is 5.59. The molecule has 2 N–H and O–H groups in total. The molecule has 0 radical (unpaired) electrons. The van der Waals surface area contributed by atoms with E-state index < -0.39 is 0 Å². The van der Waals surface area contributed by atoms with Crippen LogP contribution in [0.15, 0.2) is 23.1 Å². The van der Waals surface area contributed by atoms with Crippen LogP contribution in [0.1, 0.15) is 24.8 Å². The van der Waals surface area contributed by atoms with Gasteiger partial charge in [-0.2, -0.15) is 0 Å². The molecule has 0 aromatic heterocycles. The molecule has 0 aliphatic carbocycles. The van der Waals surface area contributed by atoms with E-state index in [1.165, 1.54) is 4.90 Å². The highest BCUT2D eigenvalue weighted by Gasteiger charge is 2.41. The minimum atomic E-state index is -0.00122. The minimum Gasteiger partial charge on any atom is -0.399 e. The summed E-state index contributed by atoms with van der Waals surface area (Å²) in [4.78, 5) is 1.31. The van der Waals surface area contributed by atoms with Crippen molar-refractivity contribution in [3.63, 3.8) is 0 Å². The van der Waals surface area contributed by atoms with Crippen molar-refractivity contribution in [2.24, 2.45) is 0 Å². The van der Waals surface area contributed by atoms with Crippen LogP contribution >= 0.6 is 11.8 Å². The van der Waals surface area contributed by atoms with E-state index >= 15 is 0 Å². The van der Waals surface area contributed by atoms with Crippen LogP contribution in [-0.2, 0) is 9.47 Å². The van der Waals surface area contributed by atoms with E-state index in [0.717, 1.165) is 50.3 Å². The second-order valence-corrected chi connectivity index (χ2v) is 6.96. The highest BCUT2D eigenvalue weighted by atomic mass is 32.2. The fraction of sp³-hybridized carbons (Fsp3) is 0.600. The van der Waals surface area contributed by atoms with E-state index in [2.05, 4.69) is 19.1 Å². The Bertz CT molecular complexity index is 457. The Morgan fingerprint density at radius 1 is 1.37 bits per heavy atom. The van der Waals surface area contributed by atoms with Crippen molar-refractivity contribution in [1.82, 2.24) is 0 Å². The first-order valence-electron chi connectivity index (χ1n) is 6.91. The van der Waals surface area contributed by atoms with Gasteiger partial charge in [0.05, 0.1) is 12.2 Å². The number of benzene rings is 1. The molecular weight excluding hydrogens is 258 g/mol. The number of hydrogen-bond acceptors (Lipinski definition) is 4. The third-order valence-corrected chi connectivity index (χ3v) is 5.32. The van der Waals surface area contributed by atoms with Crippen molar-refractivity contribution in [3.8, 4) is 0 Å². The number of thioether (sulfide) groups is 1. The van der Waals surface area contributed by atoms with Gasteiger partial charge < -0.3 is 15.2 Å². The van der Waals surface area contributed by atoms with Gasteiger partial charge in [-0.3, -0.25) is 0 Å². The molecule has 2 heterocycles. The van der Waals surface area contributed by atoms with Crippen molar-refractivity contribution in [1.29, 1.82) is 0 Å². The quantitative estimate of drug-likeness (QED) is 0.845. The molecule has 1 aromatic rings. The number of nitrogens with two attached hydrogens (primary N) is 1. The summed E-state index contributed by atoms with van der Waals surface area (Å²) in [6, 6.07) is 6.32. The number of nitrogen functional groups attached to an aromatic ring is 1. The maximum atomic E-state index is 5.98. The highest BCUT2D eigenvalue weighted by Crippen LogP contribution is 2.40. The molecule has 2 fully saturated rings. The number of anilines is 1. The average Bonchev–Trinajstić information content (AvgIpc) is 2.82. The smallest absolute Gasteiger partial charge is 0.0947 e. The molecule has 3 nitrogen and oxygen atoms in total. The van der Waals surface area contributed by atoms with Crippen LogP contribution in [-0.4, -0.2) is 30.7 Å². The van der Waals surface area contributed by atoms with Gasteiger partial charge in [0.15, 0.2) is 0 Å². The van der Waals surface area contributed by atoms with Gasteiger partial charge in [0, 0.05) is 35.5 Å². The molecule has 2 aliphatic heterocycles. The molecule has 0 saturated carbocycles. The van der Waals surface area contributed by atoms with Crippen LogP contribution in [0, 0.1) is 6.92 Å². The van der Waals surface area contributed by atoms with Crippen molar-refractivity contribution < 1.29 is 9.47 Å². The van der Waals surface area contributed by atoms with Gasteiger partial charge >= 0.3 is 0 Å². The van der Waals surface area contributed by atoms with E-state index in [1.807, 2.05) is 17.8 Å². The standard InChI is InChI=1S/C15H21NO2S/c1-11-8-12(2-3-14(11)16)19-13-4-6-18-15(9-13)5-7-17-10-15/h2-3,8,13H,4-7,9-10,16H2,1H3. The van der Waals surface area contributed by atoms with Gasteiger partial charge in [0.1, 0.15) is 0 Å². The number of aryl methyl sites for hydroxylation is 1. The third-order valence-electron chi connectivity index (χ3n) is 4.06. The Morgan fingerprint density at radius 2 is 2.26 bits per heavy atom. The van der Waals surface area contributed by atoms with Crippen molar-refractivity contribution in [2.45, 2.75) is 41.9 Å². The summed E-state index contributed by atoms with van der Waals surface area (Å²) in [6.07, 6.45) is 3.27. The summed E-state index contributed by atoms with van der Waals surface area (Å²) in [7, 11) is 0. The highest BCUT2D eigenvalue weighted by molar-refractivity contribution is 8.00. The molecular formula is C15H21NO2S. The van der Waals surface area contributed by atoms with Crippen LogP contribution in [0.25, 0.3) is 0 Å². The molecule has 2 aliphatic rings. The molecule has 2 unspecified atom stereocenters. The van der Waals surface area contributed by atoms with E-state index in [1.54, 1.807) is 0 Å². The van der Waals surface area contributed by atoms with Crippen molar-refractivity contribution in [3.05, 3.63) is 23.8 Å². The molecule has 1 aromatic carbocycles. The molecule has 19 heavy (non-hydrogen) atoms. The SMILES string of the molecule is Cc1cc(SC2CCOC3(CCOC3)C2)ccc1N. The van der Waals surface area contributed by atoms with E-state index in [-0.39, 0.29) is 5.60 Å². The lowest BCUT2D eigenvalue weighted by Crippen LogP contribution is -2.41. The predicted octanol–water partition coefficient (Wildman–Crippen LogP) is 3.01. The van der Waals surface area contributed by atoms with Crippen molar-refractivity contribution in [2.75, 3.05) is 25.6 Å². The Morgan fingerprint density at radius 3 is 3.00 bits per heavy atom. The zero-order valence-corrected chi connectivity index (χ0v) is 12.2. The number of hydrogen-bond donors (Lipinski definition) is 1. The summed E-state index contributed by atoms with van der Waals surface area (Å²) in [5, 5.41) is 0.624. The van der Waals surface area contributed by atoms with Gasteiger partial charge in [0.2, 0.25) is 0 Å². The van der Waals surface area contributed by atoms with Gasteiger partial charge in [-0.1, -0.05) is 0 Å². The Hall–Kier alpha value is -0.710. The molecule has 2 atom stereocenters. The molecule has 3 rings (SSSR count). The number of ether oxygens (including phenoxy) is 2. The number of rotatable bonds is 2. The Kier molecular flexibility index (Phi) is 3.74. The summed E-state index contributed by atoms with van der Waals surface area (Å²) >= 11 is 1.96. The molecule has 0 bridgehead atoms. The Balaban J connectivity index is 1.67. The van der Waals surface area contributed by atoms with Gasteiger partial charge in [-0.05, 0) is 43.5 Å². The van der Waals surface area contributed by atoms with Gasteiger partial charge in [0.25, 0.3) is 0 Å². The monoisotopic (exact) mass is 279 g/mol. The normalized spacial score (nSPS) is 30.9. The topological polar surface area (TPSA) is 44.5 Å². The summed E-state index contributed by atoms with van der Waals surface area (Å²) in [5.74, 6) is 0. The maximum Gasteiger partial charge on any atom is 0.0947 e. The van der Waals surface area contributed by atoms with Crippen LogP contribution < -0.4 is 5.73 Å². The van der Waals surface area contributed by atoms with Crippen LogP contribution in [0.3, 0.4) is 0 Å². The first-order chi connectivity index (χ1) is 9.17. The van der Waals surface area contributed by atoms with E-state index in [4.69, 9.17) is 15.2 Å². The zero-order chi connectivity index (χ0) is 13.3. The lowest BCUT2D eigenvalue weighted by Gasteiger charge is -2.36. The zero-order valence-electron chi connectivity index (χ0n) is 11.4.